The van der Waals surface area contributed by atoms with Crippen LogP contribution in [0.15, 0.2) is 18.2 Å². The lowest BCUT2D eigenvalue weighted by atomic mass is 10.1. The molecule has 1 unspecified atom stereocenters. The Morgan fingerprint density at radius 3 is 2.45 bits per heavy atom. The summed E-state index contributed by atoms with van der Waals surface area (Å²) in [6, 6.07) is 4.67. The summed E-state index contributed by atoms with van der Waals surface area (Å²) < 4.78 is 70.3. The van der Waals surface area contributed by atoms with Crippen molar-refractivity contribution < 1.29 is 35.9 Å². The SMILES string of the molecule is COc1cc(CCC(=O)N2CCN(C3CCS(=O)(=O)C3)CC2)ccc1OCC(F)(F)F. The number of nitrogens with zero attached hydrogens (tertiary/aromatic N) is 2. The van der Waals surface area contributed by atoms with Crippen LogP contribution >= 0.6 is 0 Å². The Morgan fingerprint density at radius 2 is 1.87 bits per heavy atom. The fourth-order valence-electron chi connectivity index (χ4n) is 3.96. The maximum absolute atomic E-state index is 12.6. The Labute approximate surface area is 180 Å². The number of alkyl halides is 3. The van der Waals surface area contributed by atoms with Crippen LogP contribution in [0.1, 0.15) is 18.4 Å². The molecule has 0 N–H and O–H groups in total. The number of carbonyl (C=O) groups excluding carboxylic acids is 1. The minimum absolute atomic E-state index is 0.0000459. The number of aryl methyl sites for hydroxylation is 1. The van der Waals surface area contributed by atoms with E-state index in [9.17, 15) is 26.4 Å². The predicted octanol–water partition coefficient (Wildman–Crippen LogP) is 1.90. The zero-order valence-corrected chi connectivity index (χ0v) is 18.2. The number of rotatable bonds is 7. The Kier molecular flexibility index (Phi) is 7.35. The third-order valence-corrected chi connectivity index (χ3v) is 7.39. The van der Waals surface area contributed by atoms with Crippen LogP contribution in [0.5, 0.6) is 11.5 Å². The molecule has 0 radical (unpaired) electrons. The van der Waals surface area contributed by atoms with E-state index >= 15 is 0 Å². The van der Waals surface area contributed by atoms with Gasteiger partial charge in [0.2, 0.25) is 5.91 Å². The van der Waals surface area contributed by atoms with Gasteiger partial charge in [-0.25, -0.2) is 8.42 Å². The summed E-state index contributed by atoms with van der Waals surface area (Å²) in [5.74, 6) is 0.621. The Bertz CT molecular complexity index is 883. The number of ether oxygens (including phenoxy) is 2. The summed E-state index contributed by atoms with van der Waals surface area (Å²) in [7, 11) is -1.58. The van der Waals surface area contributed by atoms with Crippen molar-refractivity contribution >= 4 is 15.7 Å². The van der Waals surface area contributed by atoms with Gasteiger partial charge in [-0.1, -0.05) is 6.07 Å². The van der Waals surface area contributed by atoms with Gasteiger partial charge < -0.3 is 14.4 Å². The van der Waals surface area contributed by atoms with Gasteiger partial charge in [0, 0.05) is 38.6 Å². The first-order valence-electron chi connectivity index (χ1n) is 10.1. The van der Waals surface area contributed by atoms with Crippen molar-refractivity contribution in [2.45, 2.75) is 31.5 Å². The highest BCUT2D eigenvalue weighted by molar-refractivity contribution is 7.91. The van der Waals surface area contributed by atoms with E-state index in [0.29, 0.717) is 39.0 Å². The van der Waals surface area contributed by atoms with Crippen molar-refractivity contribution in [1.82, 2.24) is 9.80 Å². The molecule has 31 heavy (non-hydrogen) atoms. The number of carbonyl (C=O) groups is 1. The molecule has 7 nitrogen and oxygen atoms in total. The van der Waals surface area contributed by atoms with Gasteiger partial charge in [-0.2, -0.15) is 13.2 Å². The van der Waals surface area contributed by atoms with Crippen LogP contribution in [-0.4, -0.2) is 87.7 Å². The average molecular weight is 465 g/mol. The molecule has 2 aliphatic rings. The predicted molar refractivity (Wildman–Crippen MR) is 108 cm³/mol. The van der Waals surface area contributed by atoms with Crippen molar-refractivity contribution in [2.24, 2.45) is 0 Å². The molecule has 0 aliphatic carbocycles. The lowest BCUT2D eigenvalue weighted by Gasteiger charge is -2.37. The molecule has 1 aromatic rings. The molecule has 1 atom stereocenters. The number of benzene rings is 1. The number of methoxy groups -OCH3 is 1. The largest absolute Gasteiger partial charge is 0.493 e. The number of amides is 1. The monoisotopic (exact) mass is 464 g/mol. The molecule has 2 heterocycles. The van der Waals surface area contributed by atoms with Crippen LogP contribution in [0.4, 0.5) is 13.2 Å². The number of halogens is 3. The van der Waals surface area contributed by atoms with Crippen LogP contribution in [0, 0.1) is 0 Å². The van der Waals surface area contributed by atoms with Crippen LogP contribution in [0.2, 0.25) is 0 Å². The van der Waals surface area contributed by atoms with Crippen molar-refractivity contribution in [3.05, 3.63) is 23.8 Å². The smallest absolute Gasteiger partial charge is 0.422 e. The van der Waals surface area contributed by atoms with E-state index in [4.69, 9.17) is 9.47 Å². The molecule has 2 aliphatic heterocycles. The van der Waals surface area contributed by atoms with E-state index in [1.807, 2.05) is 0 Å². The zero-order valence-electron chi connectivity index (χ0n) is 17.4. The van der Waals surface area contributed by atoms with Crippen molar-refractivity contribution in [3.63, 3.8) is 0 Å². The highest BCUT2D eigenvalue weighted by atomic mass is 32.2. The molecule has 1 aromatic carbocycles. The summed E-state index contributed by atoms with van der Waals surface area (Å²) in [5.41, 5.74) is 0.763. The maximum Gasteiger partial charge on any atom is 0.422 e. The van der Waals surface area contributed by atoms with Crippen LogP contribution < -0.4 is 9.47 Å². The molecule has 0 saturated carbocycles. The van der Waals surface area contributed by atoms with Crippen molar-refractivity contribution in [1.29, 1.82) is 0 Å². The van der Waals surface area contributed by atoms with Gasteiger partial charge in [-0.05, 0) is 30.5 Å². The molecule has 11 heteroatoms. The molecule has 2 fully saturated rings. The topological polar surface area (TPSA) is 76.2 Å². The number of hydrogen-bond donors (Lipinski definition) is 0. The van der Waals surface area contributed by atoms with Crippen LogP contribution in [0.25, 0.3) is 0 Å². The minimum Gasteiger partial charge on any atom is -0.493 e. The summed E-state index contributed by atoms with van der Waals surface area (Å²) in [6.45, 7) is 1.03. The second kappa shape index (κ2) is 9.64. The maximum atomic E-state index is 12.6. The van der Waals surface area contributed by atoms with Gasteiger partial charge in [-0.3, -0.25) is 9.69 Å². The number of piperazine rings is 1. The normalized spacial score (nSPS) is 21.8. The average Bonchev–Trinajstić information content (AvgIpc) is 3.10. The molecule has 0 aromatic heterocycles. The highest BCUT2D eigenvalue weighted by Crippen LogP contribution is 2.30. The molecule has 1 amide bonds. The van der Waals surface area contributed by atoms with Gasteiger partial charge in [0.05, 0.1) is 18.6 Å². The van der Waals surface area contributed by atoms with E-state index in [1.54, 1.807) is 17.0 Å². The van der Waals surface area contributed by atoms with Crippen molar-refractivity contribution in [3.8, 4) is 11.5 Å². The third-order valence-electron chi connectivity index (χ3n) is 5.64. The lowest BCUT2D eigenvalue weighted by molar-refractivity contribution is -0.153. The van der Waals surface area contributed by atoms with Gasteiger partial charge in [-0.15, -0.1) is 0 Å². The first kappa shape index (κ1) is 23.6. The Hall–Kier alpha value is -2.01. The van der Waals surface area contributed by atoms with Crippen molar-refractivity contribution in [2.75, 3.05) is 51.4 Å². The van der Waals surface area contributed by atoms with Crippen LogP contribution in [-0.2, 0) is 21.1 Å². The molecule has 174 valence electrons. The molecule has 0 bridgehead atoms. The Balaban J connectivity index is 1.47. The fraction of sp³-hybridized carbons (Fsp3) is 0.650. The third kappa shape index (κ3) is 6.73. The first-order chi connectivity index (χ1) is 14.6. The van der Waals surface area contributed by atoms with Crippen LogP contribution in [0.3, 0.4) is 0 Å². The minimum atomic E-state index is -4.44. The highest BCUT2D eigenvalue weighted by Gasteiger charge is 2.34. The quantitative estimate of drug-likeness (QED) is 0.614. The van der Waals surface area contributed by atoms with E-state index in [0.717, 1.165) is 5.56 Å². The molecular weight excluding hydrogens is 437 g/mol. The standard InChI is InChI=1S/C20H27F3N2O5S/c1-29-18-12-15(2-4-17(18)30-14-20(21,22)23)3-5-19(26)25-9-7-24(8-10-25)16-6-11-31(27,28)13-16/h2,4,12,16H,3,5-11,13-14H2,1H3. The molecule has 0 spiro atoms. The molecule has 3 rings (SSSR count). The summed E-state index contributed by atoms with van der Waals surface area (Å²) >= 11 is 0. The van der Waals surface area contributed by atoms with Gasteiger partial charge in [0.1, 0.15) is 0 Å². The van der Waals surface area contributed by atoms with Gasteiger partial charge >= 0.3 is 6.18 Å². The van der Waals surface area contributed by atoms with E-state index in [1.165, 1.54) is 13.2 Å². The molecule has 2 saturated heterocycles. The lowest BCUT2D eigenvalue weighted by Crippen LogP contribution is -2.52. The van der Waals surface area contributed by atoms with Gasteiger partial charge in [0.15, 0.2) is 27.9 Å². The second-order valence-corrected chi connectivity index (χ2v) is 10.1. The fourth-order valence-corrected chi connectivity index (χ4v) is 5.72. The number of hydrogen-bond acceptors (Lipinski definition) is 6. The first-order valence-corrected chi connectivity index (χ1v) is 12.0. The second-order valence-electron chi connectivity index (χ2n) is 7.86. The zero-order chi connectivity index (χ0) is 22.6. The van der Waals surface area contributed by atoms with E-state index in [-0.39, 0.29) is 41.4 Å². The summed E-state index contributed by atoms with van der Waals surface area (Å²) in [4.78, 5) is 16.5. The Morgan fingerprint density at radius 1 is 1.16 bits per heavy atom. The van der Waals surface area contributed by atoms with E-state index < -0.39 is 22.6 Å². The van der Waals surface area contributed by atoms with E-state index in [2.05, 4.69) is 4.90 Å². The summed E-state index contributed by atoms with van der Waals surface area (Å²) in [6.07, 6.45) is -3.09. The molecular formula is C20H27F3N2O5S. The summed E-state index contributed by atoms with van der Waals surface area (Å²) in [5, 5.41) is 0. The number of sulfone groups is 1. The van der Waals surface area contributed by atoms with Gasteiger partial charge in [0.25, 0.3) is 0 Å².